The number of nitrogens with one attached hydrogen (secondary N) is 1. The third-order valence-corrected chi connectivity index (χ3v) is 4.30. The SMILES string of the molecule is CCCC1NCCn2c(-c3c(C)cc(C)cc3C)nnc21. The molecule has 1 aromatic carbocycles. The van der Waals surface area contributed by atoms with E-state index in [1.54, 1.807) is 0 Å². The Morgan fingerprint density at radius 3 is 2.57 bits per heavy atom. The van der Waals surface area contributed by atoms with E-state index in [0.29, 0.717) is 6.04 Å². The molecule has 1 aromatic heterocycles. The molecule has 0 spiro atoms. The van der Waals surface area contributed by atoms with Crippen LogP contribution in [-0.2, 0) is 6.54 Å². The number of hydrogen-bond acceptors (Lipinski definition) is 3. The van der Waals surface area contributed by atoms with Gasteiger partial charge in [-0.3, -0.25) is 0 Å². The number of nitrogens with zero attached hydrogens (tertiary/aromatic N) is 3. The highest BCUT2D eigenvalue weighted by atomic mass is 15.3. The van der Waals surface area contributed by atoms with Crippen LogP contribution in [0.3, 0.4) is 0 Å². The van der Waals surface area contributed by atoms with Crippen LogP contribution in [0.25, 0.3) is 11.4 Å². The summed E-state index contributed by atoms with van der Waals surface area (Å²) >= 11 is 0. The first-order chi connectivity index (χ1) is 10.1. The average molecular weight is 284 g/mol. The van der Waals surface area contributed by atoms with Gasteiger partial charge in [0.1, 0.15) is 0 Å². The van der Waals surface area contributed by atoms with Crippen molar-refractivity contribution in [3.63, 3.8) is 0 Å². The van der Waals surface area contributed by atoms with Crippen molar-refractivity contribution in [1.29, 1.82) is 0 Å². The number of aromatic nitrogens is 3. The maximum atomic E-state index is 4.52. The van der Waals surface area contributed by atoms with Crippen LogP contribution >= 0.6 is 0 Å². The van der Waals surface area contributed by atoms with Crippen LogP contribution in [-0.4, -0.2) is 21.3 Å². The zero-order valence-electron chi connectivity index (χ0n) is 13.4. The summed E-state index contributed by atoms with van der Waals surface area (Å²) in [4.78, 5) is 0. The van der Waals surface area contributed by atoms with Gasteiger partial charge in [0.05, 0.1) is 6.04 Å². The maximum Gasteiger partial charge on any atom is 0.164 e. The van der Waals surface area contributed by atoms with Crippen LogP contribution < -0.4 is 5.32 Å². The molecular weight excluding hydrogens is 260 g/mol. The highest BCUT2D eigenvalue weighted by Crippen LogP contribution is 2.30. The van der Waals surface area contributed by atoms with Crippen molar-refractivity contribution in [2.24, 2.45) is 0 Å². The topological polar surface area (TPSA) is 42.7 Å². The fourth-order valence-electron chi connectivity index (χ4n) is 3.47. The van der Waals surface area contributed by atoms with E-state index in [1.807, 2.05) is 0 Å². The van der Waals surface area contributed by atoms with Gasteiger partial charge in [-0.2, -0.15) is 0 Å². The third-order valence-electron chi connectivity index (χ3n) is 4.30. The number of benzene rings is 1. The van der Waals surface area contributed by atoms with E-state index in [9.17, 15) is 0 Å². The summed E-state index contributed by atoms with van der Waals surface area (Å²) in [6, 6.07) is 4.81. The molecule has 21 heavy (non-hydrogen) atoms. The lowest BCUT2D eigenvalue weighted by molar-refractivity contribution is 0.394. The summed E-state index contributed by atoms with van der Waals surface area (Å²) in [6.07, 6.45) is 2.27. The van der Waals surface area contributed by atoms with Gasteiger partial charge >= 0.3 is 0 Å². The first-order valence-corrected chi connectivity index (χ1v) is 7.86. The minimum Gasteiger partial charge on any atom is -0.308 e. The van der Waals surface area contributed by atoms with E-state index < -0.39 is 0 Å². The van der Waals surface area contributed by atoms with Crippen molar-refractivity contribution >= 4 is 0 Å². The molecule has 0 saturated carbocycles. The molecule has 2 aromatic rings. The molecule has 1 atom stereocenters. The summed E-state index contributed by atoms with van der Waals surface area (Å²) in [6.45, 7) is 10.6. The lowest BCUT2D eigenvalue weighted by Gasteiger charge is -2.25. The molecule has 1 unspecified atom stereocenters. The number of rotatable bonds is 3. The molecule has 1 aliphatic rings. The van der Waals surface area contributed by atoms with Crippen molar-refractivity contribution in [2.75, 3.05) is 6.54 Å². The molecule has 0 fully saturated rings. The Morgan fingerprint density at radius 1 is 1.19 bits per heavy atom. The van der Waals surface area contributed by atoms with Gasteiger partial charge in [-0.15, -0.1) is 10.2 Å². The molecular formula is C17H24N4. The van der Waals surface area contributed by atoms with Gasteiger partial charge in [0.2, 0.25) is 0 Å². The van der Waals surface area contributed by atoms with Crippen LogP contribution in [0.15, 0.2) is 12.1 Å². The number of fused-ring (bicyclic) bond motifs is 1. The second-order valence-corrected chi connectivity index (χ2v) is 6.10. The summed E-state index contributed by atoms with van der Waals surface area (Å²) in [7, 11) is 0. The molecule has 3 rings (SSSR count). The highest BCUT2D eigenvalue weighted by Gasteiger charge is 2.25. The van der Waals surface area contributed by atoms with Crippen molar-refractivity contribution in [1.82, 2.24) is 20.1 Å². The van der Waals surface area contributed by atoms with Crippen molar-refractivity contribution < 1.29 is 0 Å². The van der Waals surface area contributed by atoms with E-state index >= 15 is 0 Å². The van der Waals surface area contributed by atoms with E-state index in [0.717, 1.165) is 37.6 Å². The largest absolute Gasteiger partial charge is 0.308 e. The molecule has 0 saturated heterocycles. The van der Waals surface area contributed by atoms with E-state index in [4.69, 9.17) is 0 Å². The quantitative estimate of drug-likeness (QED) is 0.940. The molecule has 0 amide bonds. The maximum absolute atomic E-state index is 4.52. The summed E-state index contributed by atoms with van der Waals surface area (Å²) < 4.78 is 2.31. The Morgan fingerprint density at radius 2 is 1.90 bits per heavy atom. The predicted molar refractivity (Wildman–Crippen MR) is 85.3 cm³/mol. The van der Waals surface area contributed by atoms with Crippen LogP contribution in [0.1, 0.15) is 48.3 Å². The van der Waals surface area contributed by atoms with Crippen LogP contribution in [0.2, 0.25) is 0 Å². The lowest BCUT2D eigenvalue weighted by atomic mass is 9.99. The van der Waals surface area contributed by atoms with Crippen molar-refractivity contribution in [2.45, 2.75) is 53.1 Å². The first kappa shape index (κ1) is 14.3. The minimum absolute atomic E-state index is 0.344. The summed E-state index contributed by atoms with van der Waals surface area (Å²) in [5.41, 5.74) is 5.12. The van der Waals surface area contributed by atoms with Gasteiger partial charge in [0.25, 0.3) is 0 Å². The van der Waals surface area contributed by atoms with Gasteiger partial charge in [0.15, 0.2) is 11.6 Å². The van der Waals surface area contributed by atoms with Crippen LogP contribution in [0.5, 0.6) is 0 Å². The van der Waals surface area contributed by atoms with Crippen molar-refractivity contribution in [3.8, 4) is 11.4 Å². The Labute approximate surface area is 126 Å². The lowest BCUT2D eigenvalue weighted by Crippen LogP contribution is -2.33. The molecule has 1 aliphatic heterocycles. The third kappa shape index (κ3) is 2.48. The molecule has 1 N–H and O–H groups in total. The monoisotopic (exact) mass is 284 g/mol. The Kier molecular flexibility index (Phi) is 3.81. The Hall–Kier alpha value is -1.68. The first-order valence-electron chi connectivity index (χ1n) is 7.86. The Bertz CT molecular complexity index is 634. The zero-order valence-corrected chi connectivity index (χ0v) is 13.4. The fourth-order valence-corrected chi connectivity index (χ4v) is 3.47. The second-order valence-electron chi connectivity index (χ2n) is 6.10. The molecule has 0 bridgehead atoms. The van der Waals surface area contributed by atoms with Crippen LogP contribution in [0, 0.1) is 20.8 Å². The predicted octanol–water partition coefficient (Wildman–Crippen LogP) is 3.31. The number of aryl methyl sites for hydroxylation is 3. The van der Waals surface area contributed by atoms with Crippen molar-refractivity contribution in [3.05, 3.63) is 34.6 Å². The number of hydrogen-bond donors (Lipinski definition) is 1. The molecule has 4 heteroatoms. The zero-order chi connectivity index (χ0) is 15.0. The smallest absolute Gasteiger partial charge is 0.164 e. The molecule has 4 nitrogen and oxygen atoms in total. The minimum atomic E-state index is 0.344. The standard InChI is InChI=1S/C17H24N4/c1-5-6-14-16-19-20-17(21(16)8-7-18-14)15-12(3)9-11(2)10-13(15)4/h9-10,14,18H,5-8H2,1-4H3. The summed E-state index contributed by atoms with van der Waals surface area (Å²) in [5, 5.41) is 12.6. The van der Waals surface area contributed by atoms with Gasteiger partial charge in [-0.1, -0.05) is 31.0 Å². The molecule has 0 aliphatic carbocycles. The van der Waals surface area contributed by atoms with Gasteiger partial charge in [-0.25, -0.2) is 0 Å². The normalized spacial score (nSPS) is 17.8. The fraction of sp³-hybridized carbons (Fsp3) is 0.529. The van der Waals surface area contributed by atoms with Gasteiger partial charge in [0, 0.05) is 18.7 Å². The molecule has 112 valence electrons. The highest BCUT2D eigenvalue weighted by molar-refractivity contribution is 5.65. The van der Waals surface area contributed by atoms with Gasteiger partial charge in [-0.05, 0) is 38.3 Å². The van der Waals surface area contributed by atoms with E-state index in [-0.39, 0.29) is 0 Å². The molecule has 0 radical (unpaired) electrons. The van der Waals surface area contributed by atoms with E-state index in [2.05, 4.69) is 59.9 Å². The van der Waals surface area contributed by atoms with E-state index in [1.165, 1.54) is 22.3 Å². The van der Waals surface area contributed by atoms with Gasteiger partial charge < -0.3 is 9.88 Å². The average Bonchev–Trinajstić information content (AvgIpc) is 2.83. The Balaban J connectivity index is 2.10. The van der Waals surface area contributed by atoms with Crippen LogP contribution in [0.4, 0.5) is 0 Å². The second kappa shape index (κ2) is 5.60. The molecule has 2 heterocycles. The summed E-state index contributed by atoms with van der Waals surface area (Å²) in [5.74, 6) is 2.13.